The van der Waals surface area contributed by atoms with Gasteiger partial charge in [0.15, 0.2) is 5.69 Å². The second-order valence-corrected chi connectivity index (χ2v) is 9.58. The lowest BCUT2D eigenvalue weighted by Gasteiger charge is -2.14. The van der Waals surface area contributed by atoms with E-state index in [4.69, 9.17) is 0 Å². The van der Waals surface area contributed by atoms with Crippen LogP contribution < -0.4 is 5.32 Å². The molecule has 2 N–H and O–H groups in total. The molecule has 0 spiro atoms. The molecule has 8 heteroatoms. The quantitative estimate of drug-likeness (QED) is 0.275. The molecule has 0 atom stereocenters. The first kappa shape index (κ1) is 26.2. The second-order valence-electron chi connectivity index (χ2n) is 9.58. The van der Waals surface area contributed by atoms with Crippen molar-refractivity contribution in [2.75, 3.05) is 18.4 Å². The number of fused-ring (bicyclic) bond motifs is 1. The average Bonchev–Trinajstić information content (AvgIpc) is 3.64. The number of pyridine rings is 2. The fourth-order valence-electron chi connectivity index (χ4n) is 4.68. The Morgan fingerprint density at radius 3 is 2.56 bits per heavy atom. The molecule has 4 heterocycles. The molecular weight excluding hydrogens is 491 g/mol. The normalized spacial score (nSPS) is 13.2. The summed E-state index contributed by atoms with van der Waals surface area (Å²) in [4.78, 5) is 23.7. The van der Waals surface area contributed by atoms with Gasteiger partial charge in [-0.2, -0.15) is 5.10 Å². The minimum absolute atomic E-state index is 0.144. The predicted octanol–water partition coefficient (Wildman–Crippen LogP) is 6.26. The number of aromatic nitrogens is 4. The Morgan fingerprint density at radius 2 is 1.82 bits per heavy atom. The zero-order valence-corrected chi connectivity index (χ0v) is 21.9. The number of anilines is 1. The molecule has 0 bridgehead atoms. The minimum atomic E-state index is -0.271. The highest BCUT2D eigenvalue weighted by Crippen LogP contribution is 2.26. The third-order valence-corrected chi connectivity index (χ3v) is 6.73. The van der Waals surface area contributed by atoms with Gasteiger partial charge >= 0.3 is 0 Å². The second kappa shape index (κ2) is 12.4. The van der Waals surface area contributed by atoms with Gasteiger partial charge in [0.1, 0.15) is 5.82 Å². The highest BCUT2D eigenvalue weighted by Gasteiger charge is 2.16. The average molecular weight is 523 g/mol. The lowest BCUT2D eigenvalue weighted by Crippen LogP contribution is -2.18. The van der Waals surface area contributed by atoms with Gasteiger partial charge < -0.3 is 5.32 Å². The predicted molar refractivity (Wildman–Crippen MR) is 152 cm³/mol. The fourth-order valence-corrected chi connectivity index (χ4v) is 4.68. The van der Waals surface area contributed by atoms with Gasteiger partial charge in [-0.15, -0.1) is 0 Å². The Bertz CT molecular complexity index is 1550. The maximum Gasteiger partial charge on any atom is 0.276 e. The number of hydrogen-bond acceptors (Lipinski definition) is 5. The minimum Gasteiger partial charge on any atom is -0.319 e. The molecule has 1 saturated heterocycles. The molecule has 1 fully saturated rings. The van der Waals surface area contributed by atoms with Crippen molar-refractivity contribution in [3.05, 3.63) is 108 Å². The van der Waals surface area contributed by atoms with Gasteiger partial charge in [-0.1, -0.05) is 25.1 Å². The van der Waals surface area contributed by atoms with Crippen molar-refractivity contribution in [3.8, 4) is 11.1 Å². The Balaban J connectivity index is 0.000000292. The molecule has 7 nitrogen and oxygen atoms in total. The summed E-state index contributed by atoms with van der Waals surface area (Å²) < 4.78 is 12.4. The number of carbonyl (C=O) groups is 1. The topological polar surface area (TPSA) is 86.8 Å². The number of nitrogens with one attached hydrogen (secondary N) is 2. The number of halogens is 1. The third kappa shape index (κ3) is 6.72. The zero-order chi connectivity index (χ0) is 27.0. The van der Waals surface area contributed by atoms with Crippen molar-refractivity contribution in [2.45, 2.75) is 32.7 Å². The number of likely N-dealkylation sites (tertiary alicyclic amines) is 1. The van der Waals surface area contributed by atoms with E-state index in [1.807, 2.05) is 43.6 Å². The number of amides is 1. The molecule has 5 aromatic rings. The van der Waals surface area contributed by atoms with Crippen LogP contribution >= 0.6 is 0 Å². The summed E-state index contributed by atoms with van der Waals surface area (Å²) in [6, 6.07) is 18.4. The first-order valence-corrected chi connectivity index (χ1v) is 13.2. The molecule has 0 aliphatic carbocycles. The highest BCUT2D eigenvalue weighted by molar-refractivity contribution is 6.11. The summed E-state index contributed by atoms with van der Waals surface area (Å²) in [7, 11) is 0. The number of H-pyrrole nitrogens is 1. The summed E-state index contributed by atoms with van der Waals surface area (Å²) in [5.74, 6) is -0.415. The highest BCUT2D eigenvalue weighted by atomic mass is 19.1. The van der Waals surface area contributed by atoms with Crippen LogP contribution in [0, 0.1) is 5.82 Å². The molecule has 198 valence electrons. The Hall–Kier alpha value is -4.43. The number of aromatic amines is 1. The molecule has 1 aliphatic rings. The van der Waals surface area contributed by atoms with E-state index in [-0.39, 0.29) is 11.7 Å². The Labute approximate surface area is 227 Å². The molecular formula is C31H31FN6O. The van der Waals surface area contributed by atoms with Gasteiger partial charge in [0.2, 0.25) is 0 Å². The van der Waals surface area contributed by atoms with Crippen LogP contribution in [0.25, 0.3) is 22.0 Å². The summed E-state index contributed by atoms with van der Waals surface area (Å²) >= 11 is 0. The summed E-state index contributed by atoms with van der Waals surface area (Å²) in [5, 5.41) is 10.8. The van der Waals surface area contributed by atoms with E-state index in [9.17, 15) is 9.18 Å². The molecule has 3 aromatic heterocycles. The van der Waals surface area contributed by atoms with Crippen LogP contribution in [0.5, 0.6) is 0 Å². The number of carbonyl (C=O) groups excluding carboxylic acids is 1. The SMILES string of the molecule is CCc1cccc(F)c1.O=C(Nc1cccnc1)c1n[nH]c2ccc(-c3cncc(CN4CCCC4)c3)cc12. The van der Waals surface area contributed by atoms with E-state index >= 15 is 0 Å². The van der Waals surface area contributed by atoms with E-state index in [0.29, 0.717) is 11.4 Å². The smallest absolute Gasteiger partial charge is 0.276 e. The first-order valence-electron chi connectivity index (χ1n) is 13.2. The standard InChI is InChI=1S/C23H22N6O.C8H9F/c30-23(26-19-4-3-7-24-14-19)22-20-11-17(5-6-21(20)27-28-22)18-10-16(12-25-13-18)15-29-8-1-2-9-29;1-2-7-4-3-5-8(9)6-7/h3-7,10-14H,1-2,8-9,15H2,(H,26,30)(H,27,28);3-6H,2H2,1H3. The van der Waals surface area contributed by atoms with Gasteiger partial charge in [0.25, 0.3) is 5.91 Å². The van der Waals surface area contributed by atoms with Crippen LogP contribution in [-0.2, 0) is 13.0 Å². The van der Waals surface area contributed by atoms with Crippen LogP contribution in [0.4, 0.5) is 10.1 Å². The van der Waals surface area contributed by atoms with Crippen LogP contribution in [0.3, 0.4) is 0 Å². The van der Waals surface area contributed by atoms with Gasteiger partial charge in [0.05, 0.1) is 17.4 Å². The van der Waals surface area contributed by atoms with Crippen molar-refractivity contribution in [1.82, 2.24) is 25.1 Å². The number of hydrogen-bond donors (Lipinski definition) is 2. The molecule has 2 aromatic carbocycles. The number of nitrogens with zero attached hydrogens (tertiary/aromatic N) is 4. The number of rotatable bonds is 6. The summed E-state index contributed by atoms with van der Waals surface area (Å²) in [6.07, 6.45) is 10.5. The van der Waals surface area contributed by atoms with Crippen LogP contribution in [0.1, 0.15) is 41.4 Å². The van der Waals surface area contributed by atoms with Crippen molar-refractivity contribution in [2.24, 2.45) is 0 Å². The van der Waals surface area contributed by atoms with Crippen LogP contribution in [-0.4, -0.2) is 44.1 Å². The maximum atomic E-state index is 12.7. The maximum absolute atomic E-state index is 12.7. The van der Waals surface area contributed by atoms with E-state index < -0.39 is 0 Å². The van der Waals surface area contributed by atoms with Gasteiger partial charge in [-0.25, -0.2) is 4.39 Å². The molecule has 0 unspecified atom stereocenters. The van der Waals surface area contributed by atoms with Crippen LogP contribution in [0.2, 0.25) is 0 Å². The summed E-state index contributed by atoms with van der Waals surface area (Å²) in [5.41, 5.74) is 6.11. The molecule has 1 amide bonds. The van der Waals surface area contributed by atoms with Crippen LogP contribution in [0.15, 0.2) is 85.5 Å². The Morgan fingerprint density at radius 1 is 0.949 bits per heavy atom. The molecule has 6 rings (SSSR count). The van der Waals surface area contributed by atoms with Gasteiger partial charge in [0, 0.05) is 36.1 Å². The van der Waals surface area contributed by atoms with E-state index in [1.165, 1.54) is 24.5 Å². The fraction of sp³-hybridized carbons (Fsp3) is 0.226. The molecule has 1 aliphatic heterocycles. The monoisotopic (exact) mass is 522 g/mol. The van der Waals surface area contributed by atoms with Gasteiger partial charge in [-0.05, 0) is 91.5 Å². The van der Waals surface area contributed by atoms with Crippen molar-refractivity contribution in [3.63, 3.8) is 0 Å². The van der Waals surface area contributed by atoms with E-state index in [2.05, 4.69) is 36.4 Å². The lowest BCUT2D eigenvalue weighted by molar-refractivity contribution is 0.102. The molecule has 0 saturated carbocycles. The Kier molecular flexibility index (Phi) is 8.33. The van der Waals surface area contributed by atoms with Gasteiger partial charge in [-0.3, -0.25) is 24.8 Å². The van der Waals surface area contributed by atoms with Crippen molar-refractivity contribution in [1.29, 1.82) is 0 Å². The van der Waals surface area contributed by atoms with Crippen molar-refractivity contribution < 1.29 is 9.18 Å². The first-order chi connectivity index (χ1) is 19.1. The van der Waals surface area contributed by atoms with Crippen molar-refractivity contribution >= 4 is 22.5 Å². The molecule has 39 heavy (non-hydrogen) atoms. The third-order valence-electron chi connectivity index (χ3n) is 6.73. The lowest BCUT2D eigenvalue weighted by atomic mass is 10.0. The van der Waals surface area contributed by atoms with E-state index in [0.717, 1.165) is 53.6 Å². The zero-order valence-electron chi connectivity index (χ0n) is 21.9. The largest absolute Gasteiger partial charge is 0.319 e. The summed E-state index contributed by atoms with van der Waals surface area (Å²) in [6.45, 7) is 5.24. The van der Waals surface area contributed by atoms with E-state index in [1.54, 1.807) is 36.7 Å². The number of aryl methyl sites for hydroxylation is 1. The molecule has 0 radical (unpaired) electrons. The number of benzene rings is 2.